The molecule has 2 N–H and O–H groups in total. The highest BCUT2D eigenvalue weighted by molar-refractivity contribution is 7.09. The second-order valence-electron chi connectivity index (χ2n) is 6.93. The monoisotopic (exact) mass is 393 g/mol. The van der Waals surface area contributed by atoms with Crippen molar-refractivity contribution in [1.82, 2.24) is 15.6 Å². The zero-order chi connectivity index (χ0) is 19.4. The lowest BCUT2D eigenvalue weighted by atomic mass is 10.2. The quantitative estimate of drug-likeness (QED) is 0.603. The van der Waals surface area contributed by atoms with Gasteiger partial charge in [-0.15, -0.1) is 11.3 Å². The van der Waals surface area contributed by atoms with Gasteiger partial charge >= 0.3 is 0 Å². The number of hydrogen-bond donors (Lipinski definition) is 2. The fourth-order valence-corrected chi connectivity index (χ4v) is 3.90. The molecule has 1 unspecified atom stereocenters. The number of aliphatic imine (C=N–C) groups is 1. The lowest BCUT2D eigenvalue weighted by Crippen LogP contribution is -2.44. The van der Waals surface area contributed by atoms with Gasteiger partial charge in [0.2, 0.25) is 0 Å². The lowest BCUT2D eigenvalue weighted by molar-refractivity contribution is 0.580. The molecule has 2 aromatic rings. The van der Waals surface area contributed by atoms with Crippen LogP contribution in [0.4, 0.5) is 14.5 Å². The van der Waals surface area contributed by atoms with E-state index < -0.39 is 11.6 Å². The largest absolute Gasteiger partial charge is 0.367 e. The van der Waals surface area contributed by atoms with Crippen LogP contribution in [0, 0.1) is 11.6 Å². The first-order chi connectivity index (χ1) is 13.0. The SMILES string of the molecule is CN=C(NCc1csc(C(C)C)n1)NC1CCN(c2ccc(F)cc2F)C1. The molecule has 2 heterocycles. The summed E-state index contributed by atoms with van der Waals surface area (Å²) in [5.41, 5.74) is 1.43. The first-order valence-electron chi connectivity index (χ1n) is 9.07. The van der Waals surface area contributed by atoms with Crippen molar-refractivity contribution in [2.45, 2.75) is 38.8 Å². The Kier molecular flexibility index (Phi) is 6.26. The molecule has 5 nitrogen and oxygen atoms in total. The number of rotatable bonds is 5. The summed E-state index contributed by atoms with van der Waals surface area (Å²) >= 11 is 1.67. The van der Waals surface area contributed by atoms with Crippen LogP contribution in [-0.2, 0) is 6.54 Å². The number of nitrogens with one attached hydrogen (secondary N) is 2. The fraction of sp³-hybridized carbons (Fsp3) is 0.474. The minimum absolute atomic E-state index is 0.141. The van der Waals surface area contributed by atoms with Gasteiger partial charge in [0.25, 0.3) is 0 Å². The van der Waals surface area contributed by atoms with E-state index in [0.29, 0.717) is 37.2 Å². The zero-order valence-electron chi connectivity index (χ0n) is 15.8. The molecule has 1 aliphatic rings. The van der Waals surface area contributed by atoms with Gasteiger partial charge in [-0.1, -0.05) is 13.8 Å². The Morgan fingerprint density at radius 1 is 1.41 bits per heavy atom. The first kappa shape index (κ1) is 19.5. The number of hydrogen-bond acceptors (Lipinski definition) is 4. The van der Waals surface area contributed by atoms with Crippen molar-refractivity contribution in [3.05, 3.63) is 45.9 Å². The van der Waals surface area contributed by atoms with Gasteiger partial charge in [0, 0.05) is 43.5 Å². The molecule has 1 aromatic heterocycles. The normalized spacial score (nSPS) is 17.6. The third-order valence-electron chi connectivity index (χ3n) is 4.50. The highest BCUT2D eigenvalue weighted by atomic mass is 32.1. The van der Waals surface area contributed by atoms with Crippen LogP contribution < -0.4 is 15.5 Å². The van der Waals surface area contributed by atoms with Gasteiger partial charge in [0.1, 0.15) is 11.6 Å². The summed E-state index contributed by atoms with van der Waals surface area (Å²) in [7, 11) is 1.72. The van der Waals surface area contributed by atoms with E-state index in [4.69, 9.17) is 0 Å². The van der Waals surface area contributed by atoms with Gasteiger partial charge in [-0.3, -0.25) is 4.99 Å². The summed E-state index contributed by atoms with van der Waals surface area (Å²) in [6, 6.07) is 3.85. The van der Waals surface area contributed by atoms with Crippen LogP contribution in [-0.4, -0.2) is 37.1 Å². The van der Waals surface area contributed by atoms with Crippen molar-refractivity contribution in [1.29, 1.82) is 0 Å². The van der Waals surface area contributed by atoms with Crippen molar-refractivity contribution in [3.63, 3.8) is 0 Å². The maximum Gasteiger partial charge on any atom is 0.191 e. The molecule has 27 heavy (non-hydrogen) atoms. The topological polar surface area (TPSA) is 52.6 Å². The molecule has 3 rings (SSSR count). The van der Waals surface area contributed by atoms with Crippen molar-refractivity contribution in [3.8, 4) is 0 Å². The minimum Gasteiger partial charge on any atom is -0.367 e. The summed E-state index contributed by atoms with van der Waals surface area (Å²) < 4.78 is 27.1. The second kappa shape index (κ2) is 8.65. The molecular formula is C19H25F2N5S. The average Bonchev–Trinajstić information content (AvgIpc) is 3.28. The number of thiazole rings is 1. The fourth-order valence-electron chi connectivity index (χ4n) is 3.07. The van der Waals surface area contributed by atoms with E-state index in [9.17, 15) is 8.78 Å². The van der Waals surface area contributed by atoms with Crippen LogP contribution in [0.25, 0.3) is 0 Å². The summed E-state index contributed by atoms with van der Waals surface area (Å²) in [6.07, 6.45) is 0.853. The van der Waals surface area contributed by atoms with Gasteiger partial charge in [0.15, 0.2) is 5.96 Å². The van der Waals surface area contributed by atoms with Gasteiger partial charge in [-0.2, -0.15) is 0 Å². The van der Waals surface area contributed by atoms with Crippen LogP contribution in [0.1, 0.15) is 36.9 Å². The Bertz CT molecular complexity index is 805. The Morgan fingerprint density at radius 3 is 2.89 bits per heavy atom. The predicted octanol–water partition coefficient (Wildman–Crippen LogP) is 3.49. The maximum atomic E-state index is 14.0. The van der Waals surface area contributed by atoms with Gasteiger partial charge in [-0.25, -0.2) is 13.8 Å². The Morgan fingerprint density at radius 2 is 2.22 bits per heavy atom. The van der Waals surface area contributed by atoms with Crippen LogP contribution in [0.15, 0.2) is 28.6 Å². The number of anilines is 1. The van der Waals surface area contributed by atoms with Crippen molar-refractivity contribution < 1.29 is 8.78 Å². The van der Waals surface area contributed by atoms with Gasteiger partial charge in [-0.05, 0) is 18.6 Å². The molecule has 0 aliphatic carbocycles. The lowest BCUT2D eigenvalue weighted by Gasteiger charge is -2.20. The van der Waals surface area contributed by atoms with E-state index in [1.54, 1.807) is 18.4 Å². The number of halogens is 2. The van der Waals surface area contributed by atoms with Crippen molar-refractivity contribution in [2.75, 3.05) is 25.0 Å². The molecular weight excluding hydrogens is 368 g/mol. The van der Waals surface area contributed by atoms with E-state index in [2.05, 4.69) is 39.8 Å². The number of nitrogens with zero attached hydrogens (tertiary/aromatic N) is 3. The molecule has 1 aliphatic heterocycles. The smallest absolute Gasteiger partial charge is 0.191 e. The zero-order valence-corrected chi connectivity index (χ0v) is 16.6. The summed E-state index contributed by atoms with van der Waals surface area (Å²) in [6.45, 7) is 6.21. The minimum atomic E-state index is -0.558. The van der Waals surface area contributed by atoms with E-state index in [1.807, 2.05) is 4.90 Å². The Balaban J connectivity index is 1.53. The standard InChI is InChI=1S/C19H25F2N5S/c1-12(2)18-24-15(11-27-18)9-23-19(22-3)25-14-6-7-26(10-14)17-5-4-13(20)8-16(17)21/h4-5,8,11-12,14H,6-7,9-10H2,1-3H3,(H2,22,23,25). The van der Waals surface area contributed by atoms with E-state index in [1.165, 1.54) is 12.1 Å². The molecule has 1 saturated heterocycles. The van der Waals surface area contributed by atoms with E-state index in [-0.39, 0.29) is 6.04 Å². The Labute approximate surface area is 162 Å². The van der Waals surface area contributed by atoms with Crippen LogP contribution >= 0.6 is 11.3 Å². The van der Waals surface area contributed by atoms with Crippen molar-refractivity contribution in [2.24, 2.45) is 4.99 Å². The van der Waals surface area contributed by atoms with Crippen LogP contribution in [0.3, 0.4) is 0 Å². The molecule has 0 spiro atoms. The average molecular weight is 394 g/mol. The van der Waals surface area contributed by atoms with Crippen LogP contribution in [0.5, 0.6) is 0 Å². The molecule has 1 aromatic carbocycles. The molecule has 8 heteroatoms. The third kappa shape index (κ3) is 4.94. The molecule has 1 atom stereocenters. The van der Waals surface area contributed by atoms with Gasteiger partial charge in [0.05, 0.1) is 22.9 Å². The van der Waals surface area contributed by atoms with E-state index in [0.717, 1.165) is 23.2 Å². The maximum absolute atomic E-state index is 14.0. The second-order valence-corrected chi connectivity index (χ2v) is 7.82. The highest BCUT2D eigenvalue weighted by Crippen LogP contribution is 2.24. The van der Waals surface area contributed by atoms with Crippen LogP contribution in [0.2, 0.25) is 0 Å². The summed E-state index contributed by atoms with van der Waals surface area (Å²) in [4.78, 5) is 10.8. The highest BCUT2D eigenvalue weighted by Gasteiger charge is 2.25. The van der Waals surface area contributed by atoms with Crippen molar-refractivity contribution >= 4 is 23.0 Å². The Hall–Kier alpha value is -2.22. The number of guanidine groups is 1. The van der Waals surface area contributed by atoms with E-state index >= 15 is 0 Å². The molecule has 146 valence electrons. The summed E-state index contributed by atoms with van der Waals surface area (Å²) in [5, 5.41) is 9.84. The summed E-state index contributed by atoms with van der Waals surface area (Å²) in [5.74, 6) is 0.0399. The number of benzene rings is 1. The molecule has 0 amide bonds. The molecule has 0 saturated carbocycles. The van der Waals surface area contributed by atoms with Gasteiger partial charge < -0.3 is 15.5 Å². The first-order valence-corrected chi connectivity index (χ1v) is 9.95. The predicted molar refractivity (Wildman–Crippen MR) is 107 cm³/mol. The molecule has 0 bridgehead atoms. The molecule has 1 fully saturated rings. The molecule has 0 radical (unpaired) electrons. The number of aromatic nitrogens is 1. The third-order valence-corrected chi connectivity index (χ3v) is 5.70.